The number of guanidine groups is 1. The summed E-state index contributed by atoms with van der Waals surface area (Å²) in [4.78, 5) is 8.65. The molecule has 0 aliphatic carbocycles. The van der Waals surface area contributed by atoms with Gasteiger partial charge in [0.15, 0.2) is 5.96 Å². The molecule has 162 valence electrons. The van der Waals surface area contributed by atoms with Crippen LogP contribution in [0.15, 0.2) is 52.5 Å². The maximum atomic E-state index is 12.7. The Bertz CT molecular complexity index is 940. The summed E-state index contributed by atoms with van der Waals surface area (Å²) in [5.41, 5.74) is 2.07. The quantitative estimate of drug-likeness (QED) is 0.385. The van der Waals surface area contributed by atoms with E-state index in [1.54, 1.807) is 35.7 Å². The minimum atomic E-state index is -3.39. The van der Waals surface area contributed by atoms with Gasteiger partial charge in [0.1, 0.15) is 5.15 Å². The number of aliphatic imine (C=N–C) groups is 1. The van der Waals surface area contributed by atoms with Crippen molar-refractivity contribution >= 4 is 27.6 Å². The second kappa shape index (κ2) is 10.7. The van der Waals surface area contributed by atoms with Crippen LogP contribution in [0.5, 0.6) is 0 Å². The standard InChI is InChI=1S/C21H28ClN5O2S/c1-23-21(24-12-11-18-7-10-20(22)25-15-18)26-16-17-5-8-19(9-6-17)30(28,29)27-13-3-2-4-14-27/h5-10,15H,2-4,11-14,16H2,1H3,(H2,23,24,26). The van der Waals surface area contributed by atoms with E-state index in [9.17, 15) is 8.42 Å². The maximum Gasteiger partial charge on any atom is 0.243 e. The Labute approximate surface area is 183 Å². The molecule has 7 nitrogen and oxygen atoms in total. The fourth-order valence-corrected chi connectivity index (χ4v) is 4.95. The van der Waals surface area contributed by atoms with Crippen molar-refractivity contribution in [3.8, 4) is 0 Å². The first-order valence-corrected chi connectivity index (χ1v) is 11.9. The Balaban J connectivity index is 1.49. The molecular weight excluding hydrogens is 422 g/mol. The summed E-state index contributed by atoms with van der Waals surface area (Å²) in [6.45, 7) is 2.47. The zero-order valence-corrected chi connectivity index (χ0v) is 18.7. The van der Waals surface area contributed by atoms with E-state index in [2.05, 4.69) is 20.6 Å². The minimum absolute atomic E-state index is 0.354. The Morgan fingerprint density at radius 2 is 1.77 bits per heavy atom. The van der Waals surface area contributed by atoms with Gasteiger partial charge in [0, 0.05) is 39.4 Å². The Morgan fingerprint density at radius 3 is 2.40 bits per heavy atom. The second-order valence-electron chi connectivity index (χ2n) is 7.20. The van der Waals surface area contributed by atoms with E-state index in [0.717, 1.165) is 36.8 Å². The molecule has 0 bridgehead atoms. The predicted octanol–water partition coefficient (Wildman–Crippen LogP) is 2.82. The smallest absolute Gasteiger partial charge is 0.243 e. The van der Waals surface area contributed by atoms with Gasteiger partial charge in [0.2, 0.25) is 10.0 Å². The van der Waals surface area contributed by atoms with E-state index in [1.165, 1.54) is 0 Å². The normalized spacial score (nSPS) is 15.7. The first-order chi connectivity index (χ1) is 14.5. The molecule has 1 saturated heterocycles. The van der Waals surface area contributed by atoms with E-state index >= 15 is 0 Å². The molecule has 0 atom stereocenters. The fourth-order valence-electron chi connectivity index (χ4n) is 3.32. The molecule has 1 aliphatic heterocycles. The van der Waals surface area contributed by atoms with Gasteiger partial charge in [0.25, 0.3) is 0 Å². The molecule has 3 rings (SSSR count). The number of nitrogens with zero attached hydrogens (tertiary/aromatic N) is 3. The number of benzene rings is 1. The highest BCUT2D eigenvalue weighted by Crippen LogP contribution is 2.20. The van der Waals surface area contributed by atoms with E-state index < -0.39 is 10.0 Å². The van der Waals surface area contributed by atoms with Crippen molar-refractivity contribution in [2.24, 2.45) is 4.99 Å². The summed E-state index contributed by atoms with van der Waals surface area (Å²) in [5.74, 6) is 0.682. The van der Waals surface area contributed by atoms with E-state index in [1.807, 2.05) is 18.2 Å². The molecule has 1 aliphatic rings. The third-order valence-corrected chi connectivity index (χ3v) is 7.19. The SMILES string of the molecule is CN=C(NCCc1ccc(Cl)nc1)NCc1ccc(S(=O)(=O)N2CCCCC2)cc1. The number of piperidine rings is 1. The second-order valence-corrected chi connectivity index (χ2v) is 9.53. The molecule has 1 aromatic heterocycles. The van der Waals surface area contributed by atoms with Gasteiger partial charge in [-0.05, 0) is 48.6 Å². The monoisotopic (exact) mass is 449 g/mol. The van der Waals surface area contributed by atoms with Crippen molar-refractivity contribution in [3.63, 3.8) is 0 Å². The molecule has 2 heterocycles. The molecule has 9 heteroatoms. The lowest BCUT2D eigenvalue weighted by Gasteiger charge is -2.25. The van der Waals surface area contributed by atoms with Gasteiger partial charge >= 0.3 is 0 Å². The van der Waals surface area contributed by atoms with Gasteiger partial charge in [-0.2, -0.15) is 4.31 Å². The van der Waals surface area contributed by atoms with Crippen LogP contribution in [0.1, 0.15) is 30.4 Å². The molecule has 0 saturated carbocycles. The highest BCUT2D eigenvalue weighted by Gasteiger charge is 2.25. The van der Waals surface area contributed by atoms with Crippen LogP contribution in [0, 0.1) is 0 Å². The summed E-state index contributed by atoms with van der Waals surface area (Å²) < 4.78 is 27.1. The first kappa shape index (κ1) is 22.5. The lowest BCUT2D eigenvalue weighted by molar-refractivity contribution is 0.346. The van der Waals surface area contributed by atoms with Crippen molar-refractivity contribution in [2.75, 3.05) is 26.7 Å². The van der Waals surface area contributed by atoms with Crippen molar-refractivity contribution in [1.29, 1.82) is 0 Å². The molecule has 0 unspecified atom stereocenters. The average molecular weight is 450 g/mol. The van der Waals surface area contributed by atoms with Crippen LogP contribution in [-0.2, 0) is 23.0 Å². The Hall–Kier alpha value is -2.16. The van der Waals surface area contributed by atoms with Gasteiger partial charge in [-0.1, -0.05) is 36.2 Å². The lowest BCUT2D eigenvalue weighted by atomic mass is 10.2. The number of pyridine rings is 1. The molecular formula is C21H28ClN5O2S. The van der Waals surface area contributed by atoms with Crippen LogP contribution >= 0.6 is 11.6 Å². The molecule has 30 heavy (non-hydrogen) atoms. The first-order valence-electron chi connectivity index (χ1n) is 10.1. The third-order valence-electron chi connectivity index (χ3n) is 5.05. The molecule has 2 N–H and O–H groups in total. The fraction of sp³-hybridized carbons (Fsp3) is 0.429. The third kappa shape index (κ3) is 6.17. The van der Waals surface area contributed by atoms with Crippen LogP contribution in [0.3, 0.4) is 0 Å². The van der Waals surface area contributed by atoms with Crippen LogP contribution in [0.25, 0.3) is 0 Å². The zero-order chi connectivity index (χ0) is 21.4. The summed E-state index contributed by atoms with van der Waals surface area (Å²) >= 11 is 5.80. The van der Waals surface area contributed by atoms with Gasteiger partial charge in [0.05, 0.1) is 4.90 Å². The topological polar surface area (TPSA) is 86.7 Å². The lowest BCUT2D eigenvalue weighted by Crippen LogP contribution is -2.38. The highest BCUT2D eigenvalue weighted by molar-refractivity contribution is 7.89. The van der Waals surface area contributed by atoms with Crippen molar-refractivity contribution in [3.05, 3.63) is 58.9 Å². The minimum Gasteiger partial charge on any atom is -0.356 e. The predicted molar refractivity (Wildman–Crippen MR) is 120 cm³/mol. The van der Waals surface area contributed by atoms with Gasteiger partial charge in [-0.3, -0.25) is 4.99 Å². The molecule has 1 aromatic carbocycles. The van der Waals surface area contributed by atoms with Gasteiger partial charge in [-0.15, -0.1) is 0 Å². The van der Waals surface area contributed by atoms with Crippen LogP contribution in [0.4, 0.5) is 0 Å². The van der Waals surface area contributed by atoms with Gasteiger partial charge in [-0.25, -0.2) is 13.4 Å². The number of sulfonamides is 1. The van der Waals surface area contributed by atoms with Crippen molar-refractivity contribution in [2.45, 2.75) is 37.1 Å². The largest absolute Gasteiger partial charge is 0.356 e. The summed E-state index contributed by atoms with van der Waals surface area (Å²) in [6.07, 6.45) is 5.53. The number of nitrogens with one attached hydrogen (secondary N) is 2. The highest BCUT2D eigenvalue weighted by atomic mass is 35.5. The van der Waals surface area contributed by atoms with Crippen LogP contribution in [-0.4, -0.2) is 50.3 Å². The maximum absolute atomic E-state index is 12.7. The summed E-state index contributed by atoms with van der Waals surface area (Å²) in [5, 5.41) is 6.99. The summed E-state index contributed by atoms with van der Waals surface area (Å²) in [6, 6.07) is 10.8. The molecule has 0 amide bonds. The average Bonchev–Trinajstić information content (AvgIpc) is 2.78. The number of rotatable bonds is 7. The van der Waals surface area contributed by atoms with E-state index in [0.29, 0.717) is 42.2 Å². The zero-order valence-electron chi connectivity index (χ0n) is 17.1. The van der Waals surface area contributed by atoms with Crippen LogP contribution in [0.2, 0.25) is 5.15 Å². The Kier molecular flexibility index (Phi) is 8.07. The van der Waals surface area contributed by atoms with Crippen LogP contribution < -0.4 is 10.6 Å². The molecule has 0 spiro atoms. The molecule has 2 aromatic rings. The number of halogens is 1. The number of hydrogen-bond acceptors (Lipinski definition) is 4. The molecule has 1 fully saturated rings. The molecule has 0 radical (unpaired) electrons. The Morgan fingerprint density at radius 1 is 1.07 bits per heavy atom. The van der Waals surface area contributed by atoms with Crippen molar-refractivity contribution in [1.82, 2.24) is 19.9 Å². The van der Waals surface area contributed by atoms with E-state index in [-0.39, 0.29) is 0 Å². The van der Waals surface area contributed by atoms with Crippen molar-refractivity contribution < 1.29 is 8.42 Å². The number of hydrogen-bond donors (Lipinski definition) is 2. The van der Waals surface area contributed by atoms with E-state index in [4.69, 9.17) is 11.6 Å². The number of aromatic nitrogens is 1. The summed E-state index contributed by atoms with van der Waals surface area (Å²) in [7, 11) is -1.68. The van der Waals surface area contributed by atoms with Gasteiger partial charge < -0.3 is 10.6 Å².